The van der Waals surface area contributed by atoms with Gasteiger partial charge in [-0.1, -0.05) is 18.2 Å². The molecular weight excluding hydrogens is 319 g/mol. The first-order valence-corrected chi connectivity index (χ1v) is 8.70. The van der Waals surface area contributed by atoms with Gasteiger partial charge in [-0.25, -0.2) is 8.42 Å². The molecule has 4 nitrogen and oxygen atoms in total. The number of hydrogen-bond acceptors (Lipinski definition) is 4. The molecule has 124 valence electrons. The second kappa shape index (κ2) is 6.17. The van der Waals surface area contributed by atoms with E-state index in [4.69, 9.17) is 0 Å². The zero-order valence-electron chi connectivity index (χ0n) is 12.0. The summed E-state index contributed by atoms with van der Waals surface area (Å²) in [5.41, 5.74) is -0.548. The minimum absolute atomic E-state index is 0.0962. The predicted octanol–water partition coefficient (Wildman–Crippen LogP) is 1.38. The van der Waals surface area contributed by atoms with Crippen LogP contribution in [0.4, 0.5) is 13.2 Å². The molecule has 8 heteroatoms. The molecule has 1 aliphatic rings. The molecule has 0 spiro atoms. The van der Waals surface area contributed by atoms with Crippen LogP contribution >= 0.6 is 0 Å². The van der Waals surface area contributed by atoms with Gasteiger partial charge < -0.3 is 10.4 Å². The van der Waals surface area contributed by atoms with Gasteiger partial charge in [0.1, 0.15) is 0 Å². The molecule has 2 N–H and O–H groups in total. The van der Waals surface area contributed by atoms with Gasteiger partial charge in [0.15, 0.2) is 9.84 Å². The smallest absolute Gasteiger partial charge is 0.390 e. The third-order valence-electron chi connectivity index (χ3n) is 3.67. The van der Waals surface area contributed by atoms with E-state index in [2.05, 4.69) is 5.32 Å². The molecule has 1 fully saturated rings. The molecule has 0 aromatic heterocycles. The third kappa shape index (κ3) is 4.21. The Morgan fingerprint density at radius 1 is 1.32 bits per heavy atom. The van der Waals surface area contributed by atoms with Crippen molar-refractivity contribution in [3.8, 4) is 0 Å². The van der Waals surface area contributed by atoms with Crippen LogP contribution in [0.2, 0.25) is 0 Å². The Bertz CT molecular complexity index is 630. The molecule has 0 bridgehead atoms. The number of sulfone groups is 1. The SMILES string of the molecule is CC(Cc1ccccc1C(F)(F)F)N[C@@H]1CS(=O)(=O)C[C@H]1O. The van der Waals surface area contributed by atoms with Crippen molar-refractivity contribution in [3.05, 3.63) is 35.4 Å². The Balaban J connectivity index is 2.06. The number of rotatable bonds is 4. The maximum absolute atomic E-state index is 12.9. The van der Waals surface area contributed by atoms with E-state index >= 15 is 0 Å². The lowest BCUT2D eigenvalue weighted by Crippen LogP contribution is -2.44. The van der Waals surface area contributed by atoms with Crippen LogP contribution in [0.3, 0.4) is 0 Å². The third-order valence-corrected chi connectivity index (χ3v) is 5.39. The van der Waals surface area contributed by atoms with Crippen molar-refractivity contribution in [2.45, 2.75) is 37.7 Å². The van der Waals surface area contributed by atoms with E-state index in [1.807, 2.05) is 0 Å². The van der Waals surface area contributed by atoms with Crippen LogP contribution in [0, 0.1) is 0 Å². The standard InChI is InChI=1S/C14H18F3NO3S/c1-9(18-12-7-22(20,21)8-13(12)19)6-10-4-2-3-5-11(10)14(15,16)17/h2-5,9,12-13,18-19H,6-8H2,1H3/t9?,12-,13-/m1/s1. The number of hydrogen-bond donors (Lipinski definition) is 2. The predicted molar refractivity (Wildman–Crippen MR) is 76.2 cm³/mol. The molecule has 0 aliphatic carbocycles. The van der Waals surface area contributed by atoms with Gasteiger partial charge in [0.25, 0.3) is 0 Å². The lowest BCUT2D eigenvalue weighted by atomic mass is 10.00. The molecule has 1 unspecified atom stereocenters. The molecule has 3 atom stereocenters. The molecule has 0 amide bonds. The van der Waals surface area contributed by atoms with Crippen molar-refractivity contribution in [1.29, 1.82) is 0 Å². The van der Waals surface area contributed by atoms with Gasteiger partial charge in [0, 0.05) is 12.1 Å². The summed E-state index contributed by atoms with van der Waals surface area (Å²) in [5, 5.41) is 12.6. The maximum atomic E-state index is 12.9. The van der Waals surface area contributed by atoms with Crippen molar-refractivity contribution in [3.63, 3.8) is 0 Å². The molecule has 0 radical (unpaired) electrons. The number of aliphatic hydroxyl groups is 1. The van der Waals surface area contributed by atoms with Gasteiger partial charge in [0.05, 0.1) is 23.2 Å². The second-order valence-electron chi connectivity index (χ2n) is 5.68. The molecule has 1 saturated heterocycles. The van der Waals surface area contributed by atoms with Crippen molar-refractivity contribution < 1.29 is 26.7 Å². The van der Waals surface area contributed by atoms with E-state index in [1.165, 1.54) is 18.2 Å². The highest BCUT2D eigenvalue weighted by Crippen LogP contribution is 2.32. The van der Waals surface area contributed by atoms with Crippen molar-refractivity contribution in [2.24, 2.45) is 0 Å². The molecular formula is C14H18F3NO3S. The minimum atomic E-state index is -4.42. The first-order valence-electron chi connectivity index (χ1n) is 6.88. The largest absolute Gasteiger partial charge is 0.416 e. The van der Waals surface area contributed by atoms with Gasteiger partial charge in [-0.05, 0) is 25.0 Å². The summed E-state index contributed by atoms with van der Waals surface area (Å²) in [6.07, 6.45) is -5.35. The lowest BCUT2D eigenvalue weighted by molar-refractivity contribution is -0.138. The van der Waals surface area contributed by atoms with E-state index in [0.29, 0.717) is 0 Å². The first-order chi connectivity index (χ1) is 10.1. The highest BCUT2D eigenvalue weighted by atomic mass is 32.2. The Morgan fingerprint density at radius 2 is 1.95 bits per heavy atom. The Kier molecular flexibility index (Phi) is 4.84. The van der Waals surface area contributed by atoms with Gasteiger partial charge in [0.2, 0.25) is 0 Å². The van der Waals surface area contributed by atoms with Crippen LogP contribution < -0.4 is 5.32 Å². The highest BCUT2D eigenvalue weighted by Gasteiger charge is 2.37. The zero-order chi connectivity index (χ0) is 16.5. The fraction of sp³-hybridized carbons (Fsp3) is 0.571. The van der Waals surface area contributed by atoms with Crippen molar-refractivity contribution in [1.82, 2.24) is 5.32 Å². The average Bonchev–Trinajstić information content (AvgIpc) is 2.61. The van der Waals surface area contributed by atoms with Gasteiger partial charge in [-0.15, -0.1) is 0 Å². The summed E-state index contributed by atoms with van der Waals surface area (Å²) >= 11 is 0. The second-order valence-corrected chi connectivity index (χ2v) is 7.83. The van der Waals surface area contributed by atoms with Crippen molar-refractivity contribution in [2.75, 3.05) is 11.5 Å². The van der Waals surface area contributed by atoms with Crippen LogP contribution in [0.25, 0.3) is 0 Å². The quantitative estimate of drug-likeness (QED) is 0.871. The van der Waals surface area contributed by atoms with E-state index in [9.17, 15) is 26.7 Å². The molecule has 0 saturated carbocycles. The van der Waals surface area contributed by atoms with Gasteiger partial charge >= 0.3 is 6.18 Å². The summed E-state index contributed by atoms with van der Waals surface area (Å²) < 4.78 is 61.6. The highest BCUT2D eigenvalue weighted by molar-refractivity contribution is 7.91. The summed E-state index contributed by atoms with van der Waals surface area (Å²) in [4.78, 5) is 0. The zero-order valence-corrected chi connectivity index (χ0v) is 12.8. The summed E-state index contributed by atoms with van der Waals surface area (Å²) in [6.45, 7) is 1.67. The number of benzene rings is 1. The lowest BCUT2D eigenvalue weighted by Gasteiger charge is -2.22. The van der Waals surface area contributed by atoms with E-state index < -0.39 is 39.8 Å². The summed E-state index contributed by atoms with van der Waals surface area (Å²) in [6, 6.07) is 4.26. The number of aliphatic hydroxyl groups excluding tert-OH is 1. The van der Waals surface area contributed by atoms with Crippen LogP contribution in [-0.4, -0.2) is 43.2 Å². The van der Waals surface area contributed by atoms with Gasteiger partial charge in [-0.3, -0.25) is 0 Å². The summed E-state index contributed by atoms with van der Waals surface area (Å²) in [7, 11) is -3.29. The average molecular weight is 337 g/mol. The molecule has 1 aliphatic heterocycles. The first kappa shape index (κ1) is 17.2. The van der Waals surface area contributed by atoms with Crippen molar-refractivity contribution >= 4 is 9.84 Å². The molecule has 1 aromatic rings. The molecule has 22 heavy (non-hydrogen) atoms. The van der Waals surface area contributed by atoms with E-state index in [0.717, 1.165) is 6.07 Å². The molecule has 1 aromatic carbocycles. The number of nitrogens with one attached hydrogen (secondary N) is 1. The fourth-order valence-electron chi connectivity index (χ4n) is 2.72. The Morgan fingerprint density at radius 3 is 2.50 bits per heavy atom. The Hall–Kier alpha value is -1.12. The minimum Gasteiger partial charge on any atom is -0.390 e. The van der Waals surface area contributed by atoms with Crippen LogP contribution in [-0.2, 0) is 22.4 Å². The summed E-state index contributed by atoms with van der Waals surface area (Å²) in [5.74, 6) is -0.504. The maximum Gasteiger partial charge on any atom is 0.416 e. The van der Waals surface area contributed by atoms with E-state index in [-0.39, 0.29) is 23.5 Å². The molecule has 2 rings (SSSR count). The normalized spacial score (nSPS) is 26.0. The number of halogens is 3. The topological polar surface area (TPSA) is 66.4 Å². The van der Waals surface area contributed by atoms with Crippen LogP contribution in [0.5, 0.6) is 0 Å². The van der Waals surface area contributed by atoms with Crippen LogP contribution in [0.1, 0.15) is 18.1 Å². The number of alkyl halides is 3. The van der Waals surface area contributed by atoms with Gasteiger partial charge in [-0.2, -0.15) is 13.2 Å². The van der Waals surface area contributed by atoms with Crippen LogP contribution in [0.15, 0.2) is 24.3 Å². The Labute approximate surface area is 127 Å². The van der Waals surface area contributed by atoms with E-state index in [1.54, 1.807) is 6.92 Å². The monoisotopic (exact) mass is 337 g/mol. The fourth-order valence-corrected chi connectivity index (χ4v) is 4.47. The molecule has 1 heterocycles.